The molecular weight excluding hydrogens is 351 g/mol. The fourth-order valence-corrected chi connectivity index (χ4v) is 3.07. The van der Waals surface area contributed by atoms with Gasteiger partial charge in [-0.15, -0.1) is 4.33 Å². The molecule has 0 aromatic heterocycles. The molecule has 1 aromatic carbocycles. The summed E-state index contributed by atoms with van der Waals surface area (Å²) in [6.45, 7) is 12.2. The van der Waals surface area contributed by atoms with Crippen LogP contribution in [0.15, 0.2) is 30.3 Å². The van der Waals surface area contributed by atoms with Crippen LogP contribution in [0.25, 0.3) is 0 Å². The summed E-state index contributed by atoms with van der Waals surface area (Å²) in [5, 5.41) is 0. The zero-order valence-electron chi connectivity index (χ0n) is 16.5. The van der Waals surface area contributed by atoms with Crippen LogP contribution in [0.4, 0.5) is 0 Å². The van der Waals surface area contributed by atoms with Crippen LogP contribution in [-0.2, 0) is 19.3 Å². The summed E-state index contributed by atoms with van der Waals surface area (Å²) in [7, 11) is -3.65. The van der Waals surface area contributed by atoms with E-state index in [9.17, 15) is 8.42 Å². The Morgan fingerprint density at radius 3 is 2.08 bits per heavy atom. The molecule has 139 valence electrons. The van der Waals surface area contributed by atoms with Crippen molar-refractivity contribution in [2.75, 3.05) is 12.4 Å². The Morgan fingerprint density at radius 2 is 1.60 bits per heavy atom. The van der Waals surface area contributed by atoms with Gasteiger partial charge in [0.25, 0.3) is 10.1 Å². The Bertz CT molecular complexity index is 594. The van der Waals surface area contributed by atoms with Crippen molar-refractivity contribution < 1.29 is 22.4 Å². The molecule has 0 aliphatic heterocycles. The number of para-hydroxylation sites is 1. The molecule has 0 aliphatic carbocycles. The normalized spacial score (nSPS) is 13.8. The standard InChI is InChI=1S/C18H30O5S.Na/c1-7-24(19,20)23-21-13-16(18(5,6)14-17(2,3)4)22-15-11-9-8-10-12-15;/h8-12,16H,7,13-14H2,1-6H3;. The molecule has 0 fully saturated rings. The molecule has 0 N–H and O–H groups in total. The number of ether oxygens (including phenoxy) is 1. The number of hydrogen-bond acceptors (Lipinski definition) is 5. The van der Waals surface area contributed by atoms with Crippen LogP contribution in [0.1, 0.15) is 48.0 Å². The summed E-state index contributed by atoms with van der Waals surface area (Å²) < 4.78 is 33.5. The van der Waals surface area contributed by atoms with Gasteiger partial charge in [-0.2, -0.15) is 8.42 Å². The summed E-state index contributed by atoms with van der Waals surface area (Å²) >= 11 is 0. The second-order valence-corrected chi connectivity index (χ2v) is 9.67. The topological polar surface area (TPSA) is 61.8 Å². The summed E-state index contributed by atoms with van der Waals surface area (Å²) in [6, 6.07) is 9.42. The average molecular weight is 381 g/mol. The van der Waals surface area contributed by atoms with Gasteiger partial charge in [0.05, 0.1) is 5.75 Å². The van der Waals surface area contributed by atoms with Crippen LogP contribution in [0, 0.1) is 10.8 Å². The zero-order chi connectivity index (χ0) is 18.4. The van der Waals surface area contributed by atoms with E-state index in [4.69, 9.17) is 9.62 Å². The van der Waals surface area contributed by atoms with Gasteiger partial charge in [0.1, 0.15) is 18.5 Å². The third-order valence-corrected chi connectivity index (χ3v) is 4.61. The average Bonchev–Trinajstić information content (AvgIpc) is 2.44. The summed E-state index contributed by atoms with van der Waals surface area (Å²) in [5.41, 5.74) is -0.147. The Kier molecular flexibility index (Phi) is 10.2. The van der Waals surface area contributed by atoms with Crippen LogP contribution in [0.3, 0.4) is 0 Å². The van der Waals surface area contributed by atoms with Crippen molar-refractivity contribution in [3.05, 3.63) is 30.3 Å². The first-order valence-electron chi connectivity index (χ1n) is 8.21. The van der Waals surface area contributed by atoms with Crippen molar-refractivity contribution in [3.8, 4) is 5.75 Å². The van der Waals surface area contributed by atoms with Crippen molar-refractivity contribution in [1.82, 2.24) is 0 Å². The second-order valence-electron chi connectivity index (χ2n) is 7.84. The Morgan fingerprint density at radius 1 is 1.04 bits per heavy atom. The van der Waals surface area contributed by atoms with Gasteiger partial charge in [0.15, 0.2) is 0 Å². The molecule has 0 spiro atoms. The fourth-order valence-electron chi connectivity index (χ4n) is 2.77. The molecule has 0 amide bonds. The van der Waals surface area contributed by atoms with E-state index < -0.39 is 10.1 Å². The van der Waals surface area contributed by atoms with Gasteiger partial charge in [0, 0.05) is 35.0 Å². The maximum atomic E-state index is 11.4. The van der Waals surface area contributed by atoms with Crippen LogP contribution >= 0.6 is 0 Å². The molecule has 0 bridgehead atoms. The van der Waals surface area contributed by atoms with Gasteiger partial charge in [-0.1, -0.05) is 52.8 Å². The SMILES string of the molecule is CCS(=O)(=O)OOCC(Oc1ccccc1)C(C)(C)CC(C)(C)C.[Na]. The van der Waals surface area contributed by atoms with E-state index in [1.165, 1.54) is 6.92 Å². The molecule has 0 saturated carbocycles. The van der Waals surface area contributed by atoms with E-state index in [1.54, 1.807) is 0 Å². The molecule has 5 nitrogen and oxygen atoms in total. The smallest absolute Gasteiger partial charge is 0.293 e. The minimum absolute atomic E-state index is 0. The Balaban J connectivity index is 0.00000576. The minimum atomic E-state index is -3.65. The van der Waals surface area contributed by atoms with Gasteiger partial charge < -0.3 is 4.74 Å². The maximum Gasteiger partial charge on any atom is 0.293 e. The zero-order valence-corrected chi connectivity index (χ0v) is 19.4. The van der Waals surface area contributed by atoms with Gasteiger partial charge in [-0.3, -0.25) is 0 Å². The fraction of sp³-hybridized carbons (Fsp3) is 0.667. The van der Waals surface area contributed by atoms with Gasteiger partial charge >= 0.3 is 0 Å². The largest absolute Gasteiger partial charge is 0.487 e. The molecular formula is C18H30NaO5S. The van der Waals surface area contributed by atoms with E-state index >= 15 is 0 Å². The van der Waals surface area contributed by atoms with Crippen molar-refractivity contribution >= 4 is 39.7 Å². The van der Waals surface area contributed by atoms with E-state index in [1.807, 2.05) is 30.3 Å². The minimum Gasteiger partial charge on any atom is -0.487 e. The quantitative estimate of drug-likeness (QED) is 0.370. The molecule has 0 aliphatic rings. The first kappa shape index (κ1) is 24.9. The van der Waals surface area contributed by atoms with Crippen LogP contribution < -0.4 is 4.74 Å². The molecule has 1 radical (unpaired) electrons. The van der Waals surface area contributed by atoms with E-state index in [0.29, 0.717) is 5.75 Å². The van der Waals surface area contributed by atoms with Gasteiger partial charge in [0.2, 0.25) is 0 Å². The first-order valence-corrected chi connectivity index (χ1v) is 9.78. The molecule has 7 heteroatoms. The van der Waals surface area contributed by atoms with Crippen LogP contribution in [0.2, 0.25) is 0 Å². The van der Waals surface area contributed by atoms with Crippen molar-refractivity contribution in [3.63, 3.8) is 0 Å². The summed E-state index contributed by atoms with van der Waals surface area (Å²) in [6.07, 6.45) is 0.521. The molecule has 1 atom stereocenters. The van der Waals surface area contributed by atoms with Crippen molar-refractivity contribution in [2.24, 2.45) is 10.8 Å². The molecule has 0 heterocycles. The van der Waals surface area contributed by atoms with E-state index in [0.717, 1.165) is 6.42 Å². The third kappa shape index (κ3) is 9.97. The molecule has 25 heavy (non-hydrogen) atoms. The maximum absolute atomic E-state index is 11.4. The molecule has 1 aromatic rings. The summed E-state index contributed by atoms with van der Waals surface area (Å²) in [5.74, 6) is 0.578. The van der Waals surface area contributed by atoms with Gasteiger partial charge in [-0.25, -0.2) is 4.89 Å². The van der Waals surface area contributed by atoms with Crippen LogP contribution in [-0.4, -0.2) is 56.4 Å². The molecule has 1 rings (SSSR count). The third-order valence-electron chi connectivity index (χ3n) is 3.60. The van der Waals surface area contributed by atoms with Crippen molar-refractivity contribution in [2.45, 2.75) is 54.1 Å². The molecule has 0 saturated heterocycles. The second kappa shape index (κ2) is 10.3. The Hall–Kier alpha value is -0.110. The molecule has 1 unspecified atom stereocenters. The van der Waals surface area contributed by atoms with Gasteiger partial charge in [-0.05, 0) is 30.9 Å². The number of hydrogen-bond donors (Lipinski definition) is 0. The predicted octanol–water partition coefficient (Wildman–Crippen LogP) is 3.81. The summed E-state index contributed by atoms with van der Waals surface area (Å²) in [4.78, 5) is 5.01. The number of rotatable bonds is 9. The van der Waals surface area contributed by atoms with Crippen LogP contribution in [0.5, 0.6) is 5.75 Å². The van der Waals surface area contributed by atoms with Crippen molar-refractivity contribution in [1.29, 1.82) is 0 Å². The predicted molar refractivity (Wildman–Crippen MR) is 101 cm³/mol. The monoisotopic (exact) mass is 381 g/mol. The Labute approximate surface area is 174 Å². The van der Waals surface area contributed by atoms with E-state index in [-0.39, 0.29) is 58.9 Å². The first-order chi connectivity index (χ1) is 11.0. The van der Waals surface area contributed by atoms with E-state index in [2.05, 4.69) is 39.0 Å². The number of benzene rings is 1.